The largest absolute Gasteiger partial charge is 0.395 e. The molecule has 0 saturated carbocycles. The molecule has 0 aliphatic rings. The van der Waals surface area contributed by atoms with E-state index in [1.54, 1.807) is 6.07 Å². The fraction of sp³-hybridized carbons (Fsp3) is 0.211. The summed E-state index contributed by atoms with van der Waals surface area (Å²) in [5.74, 6) is 0. The van der Waals surface area contributed by atoms with Gasteiger partial charge in [-0.1, -0.05) is 36.4 Å². The van der Waals surface area contributed by atoms with E-state index in [0.29, 0.717) is 18.5 Å². The van der Waals surface area contributed by atoms with Crippen LogP contribution in [0.5, 0.6) is 0 Å². The van der Waals surface area contributed by atoms with Crippen LogP contribution in [0.4, 0.5) is 5.69 Å². The lowest BCUT2D eigenvalue weighted by Gasteiger charge is -2.23. The van der Waals surface area contributed by atoms with Crippen molar-refractivity contribution in [1.82, 2.24) is 4.98 Å². The van der Waals surface area contributed by atoms with E-state index in [9.17, 15) is 4.79 Å². The number of aromatic nitrogens is 1. The van der Waals surface area contributed by atoms with Gasteiger partial charge in [-0.05, 0) is 29.1 Å². The number of anilines is 1. The van der Waals surface area contributed by atoms with Crippen LogP contribution in [0.3, 0.4) is 0 Å². The Labute approximate surface area is 139 Å². The zero-order valence-corrected chi connectivity index (χ0v) is 13.3. The van der Waals surface area contributed by atoms with Crippen LogP contribution in [-0.2, 0) is 0 Å². The first-order chi connectivity index (χ1) is 11.7. The van der Waals surface area contributed by atoms with Gasteiger partial charge in [0.15, 0.2) is 0 Å². The van der Waals surface area contributed by atoms with Gasteiger partial charge in [-0.3, -0.25) is 4.79 Å². The summed E-state index contributed by atoms with van der Waals surface area (Å²) in [7, 11) is 0. The minimum atomic E-state index is -0.152. The molecule has 124 valence electrons. The molecular formula is C19H20N2O3. The van der Waals surface area contributed by atoms with E-state index >= 15 is 0 Å². The van der Waals surface area contributed by atoms with E-state index < -0.39 is 0 Å². The molecule has 0 radical (unpaired) electrons. The third-order valence-corrected chi connectivity index (χ3v) is 4.02. The Balaban J connectivity index is 2.05. The van der Waals surface area contributed by atoms with Crippen molar-refractivity contribution in [3.63, 3.8) is 0 Å². The number of hydrogen-bond acceptors (Lipinski definition) is 4. The predicted molar refractivity (Wildman–Crippen MR) is 96.4 cm³/mol. The summed E-state index contributed by atoms with van der Waals surface area (Å²) < 4.78 is 0. The molecule has 0 amide bonds. The Morgan fingerprint density at radius 2 is 1.62 bits per heavy atom. The smallest absolute Gasteiger partial charge is 0.256 e. The van der Waals surface area contributed by atoms with Crippen molar-refractivity contribution >= 4 is 16.5 Å². The lowest BCUT2D eigenvalue weighted by atomic mass is 10.1. The molecule has 2 aromatic carbocycles. The summed E-state index contributed by atoms with van der Waals surface area (Å²) in [6, 6.07) is 17.3. The van der Waals surface area contributed by atoms with Gasteiger partial charge in [0.05, 0.1) is 13.2 Å². The molecule has 3 N–H and O–H groups in total. The Bertz CT molecular complexity index is 869. The molecule has 1 aromatic heterocycles. The zero-order chi connectivity index (χ0) is 16.9. The molecule has 0 unspecified atom stereocenters. The van der Waals surface area contributed by atoms with Gasteiger partial charge in [0.2, 0.25) is 0 Å². The molecule has 0 bridgehead atoms. The second-order valence-electron chi connectivity index (χ2n) is 5.58. The molecule has 0 fully saturated rings. The standard InChI is InChI=1S/C19H20N2O3/c22-10-8-21(9-11-23)16-7-6-15-12-18(14-4-2-1-3-5-14)20-19(24)17(15)13-16/h1-7,12-13,22-23H,8-11H2,(H,20,24). The van der Waals surface area contributed by atoms with Gasteiger partial charge in [0, 0.05) is 29.9 Å². The number of rotatable bonds is 6. The molecule has 1 heterocycles. The van der Waals surface area contributed by atoms with E-state index in [-0.39, 0.29) is 18.8 Å². The molecule has 0 aliphatic carbocycles. The van der Waals surface area contributed by atoms with Crippen molar-refractivity contribution in [2.45, 2.75) is 0 Å². The number of aromatic amines is 1. The summed E-state index contributed by atoms with van der Waals surface area (Å²) in [6.45, 7) is 0.792. The number of fused-ring (bicyclic) bond motifs is 1. The van der Waals surface area contributed by atoms with Crippen molar-refractivity contribution in [2.24, 2.45) is 0 Å². The molecule has 5 nitrogen and oxygen atoms in total. The van der Waals surface area contributed by atoms with Crippen LogP contribution in [-0.4, -0.2) is 41.5 Å². The van der Waals surface area contributed by atoms with Crippen LogP contribution >= 0.6 is 0 Å². The molecule has 0 saturated heterocycles. The van der Waals surface area contributed by atoms with Gasteiger partial charge in [-0.2, -0.15) is 0 Å². The SMILES string of the molecule is O=c1[nH]c(-c2ccccc2)cc2ccc(N(CCO)CCO)cc12. The van der Waals surface area contributed by atoms with Crippen molar-refractivity contribution in [2.75, 3.05) is 31.2 Å². The van der Waals surface area contributed by atoms with Crippen molar-refractivity contribution < 1.29 is 10.2 Å². The fourth-order valence-electron chi connectivity index (χ4n) is 2.83. The van der Waals surface area contributed by atoms with Gasteiger partial charge in [0.25, 0.3) is 5.56 Å². The molecule has 3 rings (SSSR count). The average Bonchev–Trinajstić information content (AvgIpc) is 2.62. The molecule has 0 aliphatic heterocycles. The highest BCUT2D eigenvalue weighted by Crippen LogP contribution is 2.23. The maximum Gasteiger partial charge on any atom is 0.256 e. The number of aliphatic hydroxyl groups is 2. The Hall–Kier alpha value is -2.63. The second-order valence-corrected chi connectivity index (χ2v) is 5.58. The van der Waals surface area contributed by atoms with Gasteiger partial charge in [0.1, 0.15) is 0 Å². The molecule has 24 heavy (non-hydrogen) atoms. The normalized spacial score (nSPS) is 10.9. The van der Waals surface area contributed by atoms with Crippen molar-refractivity contribution in [3.8, 4) is 11.3 Å². The first-order valence-electron chi connectivity index (χ1n) is 7.92. The molecular weight excluding hydrogens is 304 g/mol. The van der Waals surface area contributed by atoms with E-state index in [1.807, 2.05) is 53.4 Å². The number of H-pyrrole nitrogens is 1. The van der Waals surface area contributed by atoms with Gasteiger partial charge >= 0.3 is 0 Å². The Morgan fingerprint density at radius 1 is 0.917 bits per heavy atom. The second kappa shape index (κ2) is 7.29. The third-order valence-electron chi connectivity index (χ3n) is 4.02. The average molecular weight is 324 g/mol. The minimum absolute atomic E-state index is 0.0126. The summed E-state index contributed by atoms with van der Waals surface area (Å²) in [4.78, 5) is 17.3. The van der Waals surface area contributed by atoms with Gasteiger partial charge < -0.3 is 20.1 Å². The lowest BCUT2D eigenvalue weighted by Crippen LogP contribution is -2.29. The van der Waals surface area contributed by atoms with Crippen LogP contribution in [0.25, 0.3) is 22.0 Å². The molecule has 0 atom stereocenters. The van der Waals surface area contributed by atoms with Crippen LogP contribution in [0, 0.1) is 0 Å². The van der Waals surface area contributed by atoms with Crippen LogP contribution < -0.4 is 10.5 Å². The van der Waals surface area contributed by atoms with Crippen molar-refractivity contribution in [3.05, 3.63) is 65.0 Å². The van der Waals surface area contributed by atoms with Gasteiger partial charge in [-0.15, -0.1) is 0 Å². The number of hydrogen-bond donors (Lipinski definition) is 3. The first-order valence-corrected chi connectivity index (χ1v) is 7.92. The maximum atomic E-state index is 12.5. The summed E-state index contributed by atoms with van der Waals surface area (Å²) >= 11 is 0. The number of nitrogens with one attached hydrogen (secondary N) is 1. The van der Waals surface area contributed by atoms with Crippen LogP contribution in [0.1, 0.15) is 0 Å². The first kappa shape index (κ1) is 16.2. The topological polar surface area (TPSA) is 76.6 Å². The highest BCUT2D eigenvalue weighted by molar-refractivity contribution is 5.88. The predicted octanol–water partition coefficient (Wildman–Crippen LogP) is 1.99. The minimum Gasteiger partial charge on any atom is -0.395 e. The lowest BCUT2D eigenvalue weighted by molar-refractivity contribution is 0.281. The number of aliphatic hydroxyl groups excluding tert-OH is 2. The van der Waals surface area contributed by atoms with E-state index in [4.69, 9.17) is 10.2 Å². The highest BCUT2D eigenvalue weighted by Gasteiger charge is 2.09. The third kappa shape index (κ3) is 3.32. The number of pyridine rings is 1. The highest BCUT2D eigenvalue weighted by atomic mass is 16.3. The number of nitrogens with zero attached hydrogens (tertiary/aromatic N) is 1. The van der Waals surface area contributed by atoms with E-state index in [1.165, 1.54) is 0 Å². The number of benzene rings is 2. The molecule has 3 aromatic rings. The van der Waals surface area contributed by atoms with E-state index in [2.05, 4.69) is 4.98 Å². The summed E-state index contributed by atoms with van der Waals surface area (Å²) in [6.07, 6.45) is 0. The van der Waals surface area contributed by atoms with Crippen molar-refractivity contribution in [1.29, 1.82) is 0 Å². The summed E-state index contributed by atoms with van der Waals surface area (Å²) in [5, 5.41) is 19.8. The Kier molecular flexibility index (Phi) is 4.93. The van der Waals surface area contributed by atoms with E-state index in [0.717, 1.165) is 22.3 Å². The van der Waals surface area contributed by atoms with Crippen LogP contribution in [0.2, 0.25) is 0 Å². The molecule has 5 heteroatoms. The monoisotopic (exact) mass is 324 g/mol. The maximum absolute atomic E-state index is 12.5. The van der Waals surface area contributed by atoms with Crippen LogP contribution in [0.15, 0.2) is 59.4 Å². The fourth-order valence-corrected chi connectivity index (χ4v) is 2.83. The molecule has 0 spiro atoms. The quantitative estimate of drug-likeness (QED) is 0.648. The summed E-state index contributed by atoms with van der Waals surface area (Å²) in [5.41, 5.74) is 2.40. The Morgan fingerprint density at radius 3 is 2.29 bits per heavy atom. The zero-order valence-electron chi connectivity index (χ0n) is 13.3. The van der Waals surface area contributed by atoms with Gasteiger partial charge in [-0.25, -0.2) is 0 Å².